The van der Waals surface area contributed by atoms with E-state index in [4.69, 9.17) is 14.3 Å². The van der Waals surface area contributed by atoms with Crippen molar-refractivity contribution in [2.75, 3.05) is 19.0 Å². The largest absolute Gasteiger partial charge is 0.321 e. The predicted octanol–water partition coefficient (Wildman–Crippen LogP) is 4.58. The van der Waals surface area contributed by atoms with Crippen molar-refractivity contribution in [1.82, 2.24) is 4.67 Å². The van der Waals surface area contributed by atoms with Crippen molar-refractivity contribution in [1.29, 1.82) is 5.26 Å². The van der Waals surface area contributed by atoms with E-state index in [9.17, 15) is 4.79 Å². The minimum absolute atomic E-state index is 0.167. The lowest BCUT2D eigenvalue weighted by molar-refractivity contribution is -0.117. The molecule has 0 aliphatic heterocycles. The molecule has 5 nitrogen and oxygen atoms in total. The average molecular weight is 362 g/mol. The van der Waals surface area contributed by atoms with Crippen LogP contribution in [0.3, 0.4) is 0 Å². The van der Waals surface area contributed by atoms with E-state index in [0.29, 0.717) is 25.4 Å². The molecule has 0 aromatic carbocycles. The first kappa shape index (κ1) is 22.8. The Morgan fingerprint density at radius 1 is 1.17 bits per heavy atom. The molecule has 0 amide bonds. The first-order chi connectivity index (χ1) is 10.6. The van der Waals surface area contributed by atoms with E-state index in [-0.39, 0.29) is 22.6 Å². The van der Waals surface area contributed by atoms with Crippen LogP contribution in [0.1, 0.15) is 54.9 Å². The average Bonchev–Trinajstić information content (AvgIpc) is 2.41. The summed E-state index contributed by atoms with van der Waals surface area (Å²) in [5.41, 5.74) is -0.333. The molecular weight excluding hydrogens is 331 g/mol. The fourth-order valence-corrected chi connectivity index (χ4v) is 4.28. The van der Waals surface area contributed by atoms with E-state index in [0.717, 1.165) is 0 Å². The number of carbonyl (C=O) groups excluding carboxylic acids is 1. The molecule has 0 aromatic rings. The van der Waals surface area contributed by atoms with Crippen LogP contribution in [-0.4, -0.2) is 40.8 Å². The van der Waals surface area contributed by atoms with Crippen LogP contribution in [0.15, 0.2) is 0 Å². The van der Waals surface area contributed by atoms with Gasteiger partial charge in [0.15, 0.2) is 5.12 Å². The Kier molecular flexibility index (Phi) is 11.3. The molecule has 0 fully saturated rings. The molecule has 0 radical (unpaired) electrons. The van der Waals surface area contributed by atoms with E-state index in [1.54, 1.807) is 0 Å². The highest BCUT2D eigenvalue weighted by Crippen LogP contribution is 2.46. The molecule has 134 valence electrons. The van der Waals surface area contributed by atoms with Crippen LogP contribution < -0.4 is 0 Å². The second-order valence-electron chi connectivity index (χ2n) is 6.77. The molecule has 0 aliphatic carbocycles. The summed E-state index contributed by atoms with van der Waals surface area (Å²) in [6.45, 7) is 15.0. The third kappa shape index (κ3) is 9.64. The van der Waals surface area contributed by atoms with Gasteiger partial charge in [0.1, 0.15) is 0 Å². The highest BCUT2D eigenvalue weighted by atomic mass is 32.2. The quantitative estimate of drug-likeness (QED) is 0.418. The van der Waals surface area contributed by atoms with Crippen LogP contribution in [0.2, 0.25) is 0 Å². The lowest BCUT2D eigenvalue weighted by Gasteiger charge is -2.35. The fraction of sp³-hybridized carbons (Fsp3) is 0.875. The topological polar surface area (TPSA) is 62.6 Å². The molecule has 23 heavy (non-hydrogen) atoms. The first-order valence-electron chi connectivity index (χ1n) is 7.99. The van der Waals surface area contributed by atoms with E-state index in [1.165, 1.54) is 11.8 Å². The number of hydrogen-bond donors (Lipinski definition) is 0. The van der Waals surface area contributed by atoms with Gasteiger partial charge in [0, 0.05) is 23.3 Å². The number of carbonyl (C=O) groups is 1. The SMILES string of the molecule is CC(C)N(C(C)C)P(OCCC#N)OCCSC(=O)C(C)(C)C. The molecule has 1 unspecified atom stereocenters. The number of hydrogen-bond acceptors (Lipinski definition) is 6. The molecule has 0 saturated heterocycles. The maximum atomic E-state index is 11.9. The monoisotopic (exact) mass is 362 g/mol. The number of nitriles is 1. The lowest BCUT2D eigenvalue weighted by Crippen LogP contribution is -2.33. The fourth-order valence-electron chi connectivity index (χ4n) is 1.78. The van der Waals surface area contributed by atoms with Gasteiger partial charge in [0.25, 0.3) is 8.53 Å². The second kappa shape index (κ2) is 11.4. The Labute approximate surface area is 147 Å². The zero-order chi connectivity index (χ0) is 18.0. The predicted molar refractivity (Wildman–Crippen MR) is 98.1 cm³/mol. The normalized spacial score (nSPS) is 13.6. The summed E-state index contributed by atoms with van der Waals surface area (Å²) in [7, 11) is -1.22. The van der Waals surface area contributed by atoms with Crippen molar-refractivity contribution in [2.24, 2.45) is 5.41 Å². The molecule has 7 heteroatoms. The summed E-state index contributed by atoms with van der Waals surface area (Å²) in [4.78, 5) is 11.9. The zero-order valence-electron chi connectivity index (χ0n) is 15.5. The smallest absolute Gasteiger partial charge is 0.259 e. The van der Waals surface area contributed by atoms with Gasteiger partial charge < -0.3 is 9.05 Å². The summed E-state index contributed by atoms with van der Waals surface area (Å²) >= 11 is 1.30. The molecule has 1 atom stereocenters. The summed E-state index contributed by atoms with van der Waals surface area (Å²) in [6.07, 6.45) is 0.351. The molecular formula is C16H31N2O3PS. The van der Waals surface area contributed by atoms with E-state index >= 15 is 0 Å². The van der Waals surface area contributed by atoms with E-state index in [2.05, 4.69) is 38.4 Å². The maximum absolute atomic E-state index is 11.9. The van der Waals surface area contributed by atoms with Crippen molar-refractivity contribution < 1.29 is 13.8 Å². The van der Waals surface area contributed by atoms with Crippen molar-refractivity contribution in [3.8, 4) is 6.07 Å². The molecule has 0 bridgehead atoms. The third-order valence-electron chi connectivity index (χ3n) is 2.79. The van der Waals surface area contributed by atoms with Crippen LogP contribution in [0.4, 0.5) is 0 Å². The third-order valence-corrected chi connectivity index (χ3v) is 6.15. The van der Waals surface area contributed by atoms with Crippen LogP contribution in [-0.2, 0) is 13.8 Å². The Hall–Kier alpha value is -0.180. The van der Waals surface area contributed by atoms with Crippen LogP contribution >= 0.6 is 20.3 Å². The molecule has 0 spiro atoms. The Morgan fingerprint density at radius 3 is 2.13 bits per heavy atom. The molecule has 0 heterocycles. The molecule has 0 N–H and O–H groups in total. The van der Waals surface area contributed by atoms with E-state index in [1.807, 2.05) is 20.8 Å². The van der Waals surface area contributed by atoms with Crippen LogP contribution in [0.25, 0.3) is 0 Å². The van der Waals surface area contributed by atoms with Gasteiger partial charge >= 0.3 is 0 Å². The molecule has 0 saturated carbocycles. The Morgan fingerprint density at radius 2 is 1.70 bits per heavy atom. The highest BCUT2D eigenvalue weighted by Gasteiger charge is 2.27. The van der Waals surface area contributed by atoms with Gasteiger partial charge in [-0.05, 0) is 27.7 Å². The maximum Gasteiger partial charge on any atom is 0.259 e. The van der Waals surface area contributed by atoms with Crippen molar-refractivity contribution in [3.05, 3.63) is 0 Å². The lowest BCUT2D eigenvalue weighted by atomic mass is 10.00. The van der Waals surface area contributed by atoms with Crippen molar-refractivity contribution in [2.45, 2.75) is 67.0 Å². The zero-order valence-corrected chi connectivity index (χ0v) is 17.2. The van der Waals surface area contributed by atoms with Gasteiger partial charge in [-0.3, -0.25) is 4.79 Å². The minimum Gasteiger partial charge on any atom is -0.321 e. The Balaban J connectivity index is 4.52. The number of rotatable bonds is 10. The van der Waals surface area contributed by atoms with Gasteiger partial charge in [-0.25, -0.2) is 4.67 Å². The minimum atomic E-state index is -1.22. The van der Waals surface area contributed by atoms with Gasteiger partial charge in [-0.2, -0.15) is 5.26 Å². The number of nitrogens with zero attached hydrogens (tertiary/aromatic N) is 2. The first-order valence-corrected chi connectivity index (χ1v) is 10.1. The Bertz CT molecular complexity index is 384. The van der Waals surface area contributed by atoms with Gasteiger partial charge in [-0.1, -0.05) is 32.5 Å². The van der Waals surface area contributed by atoms with Crippen LogP contribution in [0, 0.1) is 16.7 Å². The molecule has 0 aromatic heterocycles. The standard InChI is InChI=1S/C16H31N2O3PS/c1-13(2)18(14(3)4)22(20-10-8-9-17)21-11-12-23-15(19)16(5,6)7/h13-14H,8,10-12H2,1-7H3. The summed E-state index contributed by atoms with van der Waals surface area (Å²) in [5.74, 6) is 0.612. The van der Waals surface area contributed by atoms with Crippen LogP contribution in [0.5, 0.6) is 0 Å². The number of thioether (sulfide) groups is 1. The highest BCUT2D eigenvalue weighted by molar-refractivity contribution is 8.13. The summed E-state index contributed by atoms with van der Waals surface area (Å²) in [5, 5.41) is 8.84. The summed E-state index contributed by atoms with van der Waals surface area (Å²) < 4.78 is 13.9. The van der Waals surface area contributed by atoms with Crippen molar-refractivity contribution in [3.63, 3.8) is 0 Å². The second-order valence-corrected chi connectivity index (χ2v) is 9.29. The van der Waals surface area contributed by atoms with E-state index < -0.39 is 8.53 Å². The van der Waals surface area contributed by atoms with Gasteiger partial charge in [0.2, 0.25) is 0 Å². The molecule has 0 rings (SSSR count). The van der Waals surface area contributed by atoms with Gasteiger partial charge in [0.05, 0.1) is 25.7 Å². The van der Waals surface area contributed by atoms with Crippen molar-refractivity contribution >= 4 is 25.4 Å². The molecule has 0 aliphatic rings. The summed E-state index contributed by atoms with van der Waals surface area (Å²) in [6, 6.07) is 2.65. The van der Waals surface area contributed by atoms with Gasteiger partial charge in [-0.15, -0.1) is 0 Å².